The summed E-state index contributed by atoms with van der Waals surface area (Å²) in [5, 5.41) is 0. The summed E-state index contributed by atoms with van der Waals surface area (Å²) in [4.78, 5) is 12.7. The number of hydrogen-bond donors (Lipinski definition) is 0. The Labute approximate surface area is 135 Å². The fraction of sp³-hybridized carbons (Fsp3) is 0.316. The molecule has 0 saturated carbocycles. The Morgan fingerprint density at radius 3 is 2.78 bits per heavy atom. The van der Waals surface area contributed by atoms with Crippen molar-refractivity contribution in [3.63, 3.8) is 0 Å². The van der Waals surface area contributed by atoms with Crippen molar-refractivity contribution in [2.45, 2.75) is 25.6 Å². The van der Waals surface area contributed by atoms with Gasteiger partial charge in [-0.25, -0.2) is 4.39 Å². The maximum Gasteiger partial charge on any atom is 0.227 e. The Balaban J connectivity index is 1.77. The zero-order valence-electron chi connectivity index (χ0n) is 12.8. The van der Waals surface area contributed by atoms with Crippen molar-refractivity contribution in [1.82, 2.24) is 0 Å². The monoisotopic (exact) mass is 314 g/mol. The van der Waals surface area contributed by atoms with Crippen LogP contribution < -0.4 is 0 Å². The molecule has 1 aliphatic heterocycles. The Bertz CT molecular complexity index is 658. The van der Waals surface area contributed by atoms with Crippen LogP contribution >= 0.6 is 0 Å². The first-order valence-corrected chi connectivity index (χ1v) is 7.78. The minimum Gasteiger partial charge on any atom is -0.485 e. The Morgan fingerprint density at radius 2 is 2.04 bits per heavy atom. The highest BCUT2D eigenvalue weighted by atomic mass is 19.1. The molecule has 2 aliphatic rings. The zero-order chi connectivity index (χ0) is 16.1. The molecule has 1 aliphatic carbocycles. The van der Waals surface area contributed by atoms with Gasteiger partial charge in [-0.1, -0.05) is 36.4 Å². The lowest BCUT2D eigenvalue weighted by Gasteiger charge is -2.17. The first-order chi connectivity index (χ1) is 11.2. The number of allylic oxidation sites excluding steroid dienone is 3. The van der Waals surface area contributed by atoms with Crippen LogP contribution in [0.5, 0.6) is 0 Å². The van der Waals surface area contributed by atoms with Crippen LogP contribution in [-0.2, 0) is 20.9 Å². The normalized spacial score (nSPS) is 21.9. The third-order valence-electron chi connectivity index (χ3n) is 3.89. The SMILES string of the molecule is O=C1C(OCc2ccccc2)=CCC(F)C=C1C1=CCOCC1. The Hall–Kier alpha value is -2.20. The van der Waals surface area contributed by atoms with Crippen LogP contribution in [0.2, 0.25) is 0 Å². The fourth-order valence-corrected chi connectivity index (χ4v) is 2.65. The summed E-state index contributed by atoms with van der Waals surface area (Å²) in [6.45, 7) is 1.31. The lowest BCUT2D eigenvalue weighted by atomic mass is 9.96. The molecule has 1 aromatic carbocycles. The van der Waals surface area contributed by atoms with Crippen LogP contribution in [0.25, 0.3) is 0 Å². The Kier molecular flexibility index (Phi) is 5.03. The van der Waals surface area contributed by atoms with Crippen molar-refractivity contribution in [3.05, 3.63) is 71.0 Å². The summed E-state index contributed by atoms with van der Waals surface area (Å²) >= 11 is 0. The summed E-state index contributed by atoms with van der Waals surface area (Å²) in [6.07, 6.45) is 4.42. The molecule has 4 heteroatoms. The lowest BCUT2D eigenvalue weighted by Crippen LogP contribution is -2.15. The van der Waals surface area contributed by atoms with E-state index in [1.165, 1.54) is 6.08 Å². The van der Waals surface area contributed by atoms with Gasteiger partial charge in [0, 0.05) is 12.0 Å². The third-order valence-corrected chi connectivity index (χ3v) is 3.89. The average molecular weight is 314 g/mol. The highest BCUT2D eigenvalue weighted by molar-refractivity contribution is 6.10. The molecular weight excluding hydrogens is 295 g/mol. The summed E-state index contributed by atoms with van der Waals surface area (Å²) in [5.74, 6) is -0.0122. The predicted molar refractivity (Wildman–Crippen MR) is 85.4 cm³/mol. The molecule has 1 aromatic rings. The van der Waals surface area contributed by atoms with Gasteiger partial charge in [0.15, 0.2) is 5.76 Å². The molecule has 1 unspecified atom stereocenters. The molecule has 3 nitrogen and oxygen atoms in total. The molecule has 3 rings (SSSR count). The van der Waals surface area contributed by atoms with Crippen LogP contribution in [-0.4, -0.2) is 25.2 Å². The van der Waals surface area contributed by atoms with Gasteiger partial charge in [-0.05, 0) is 29.7 Å². The molecule has 1 atom stereocenters. The van der Waals surface area contributed by atoms with E-state index in [9.17, 15) is 9.18 Å². The number of alkyl halides is 1. The highest BCUT2D eigenvalue weighted by Crippen LogP contribution is 2.27. The summed E-state index contributed by atoms with van der Waals surface area (Å²) < 4.78 is 24.9. The molecule has 0 saturated heterocycles. The number of Topliss-reactive ketones (excluding diaryl/α,β-unsaturated/α-hetero) is 1. The quantitative estimate of drug-likeness (QED) is 0.850. The predicted octanol–water partition coefficient (Wildman–Crippen LogP) is 3.67. The largest absolute Gasteiger partial charge is 0.485 e. The van der Waals surface area contributed by atoms with Gasteiger partial charge in [-0.2, -0.15) is 0 Å². The maximum atomic E-state index is 14.0. The van der Waals surface area contributed by atoms with Crippen LogP contribution in [0.3, 0.4) is 0 Å². The summed E-state index contributed by atoms with van der Waals surface area (Å²) in [5.41, 5.74) is 2.23. The van der Waals surface area contributed by atoms with Gasteiger partial charge in [-0.3, -0.25) is 4.79 Å². The highest BCUT2D eigenvalue weighted by Gasteiger charge is 2.25. The molecular formula is C19H19FO3. The topological polar surface area (TPSA) is 35.5 Å². The molecule has 0 bridgehead atoms. The van der Waals surface area contributed by atoms with E-state index in [0.29, 0.717) is 31.8 Å². The van der Waals surface area contributed by atoms with Crippen molar-refractivity contribution in [1.29, 1.82) is 0 Å². The van der Waals surface area contributed by atoms with E-state index in [1.807, 2.05) is 36.4 Å². The summed E-state index contributed by atoms with van der Waals surface area (Å²) in [7, 11) is 0. The van der Waals surface area contributed by atoms with Gasteiger partial charge in [0.05, 0.1) is 13.2 Å². The second-order valence-corrected chi connectivity index (χ2v) is 5.56. The van der Waals surface area contributed by atoms with Crippen LogP contribution in [0.15, 0.2) is 65.5 Å². The molecule has 0 fully saturated rings. The average Bonchev–Trinajstić information content (AvgIpc) is 2.74. The number of benzene rings is 1. The number of carbonyl (C=O) groups excluding carboxylic acids is 1. The number of carbonyl (C=O) groups is 1. The van der Waals surface area contributed by atoms with Crippen LogP contribution in [0, 0.1) is 0 Å². The zero-order valence-corrected chi connectivity index (χ0v) is 12.8. The summed E-state index contributed by atoms with van der Waals surface area (Å²) in [6, 6.07) is 9.61. The number of rotatable bonds is 4. The minimum absolute atomic E-state index is 0.156. The first-order valence-electron chi connectivity index (χ1n) is 7.78. The van der Waals surface area contributed by atoms with Crippen molar-refractivity contribution < 1.29 is 18.7 Å². The van der Waals surface area contributed by atoms with Gasteiger partial charge in [0.1, 0.15) is 12.8 Å². The molecule has 0 amide bonds. The molecule has 0 aromatic heterocycles. The second kappa shape index (κ2) is 7.38. The van der Waals surface area contributed by atoms with E-state index in [0.717, 1.165) is 11.1 Å². The fourth-order valence-electron chi connectivity index (χ4n) is 2.65. The number of ether oxygens (including phenoxy) is 2. The van der Waals surface area contributed by atoms with E-state index in [4.69, 9.17) is 9.47 Å². The molecule has 23 heavy (non-hydrogen) atoms. The first kappa shape index (κ1) is 15.7. The molecule has 0 N–H and O–H groups in total. The van der Waals surface area contributed by atoms with Crippen molar-refractivity contribution >= 4 is 5.78 Å². The van der Waals surface area contributed by atoms with E-state index in [2.05, 4.69) is 0 Å². The Morgan fingerprint density at radius 1 is 1.22 bits per heavy atom. The van der Waals surface area contributed by atoms with Crippen LogP contribution in [0.4, 0.5) is 4.39 Å². The minimum atomic E-state index is -1.17. The van der Waals surface area contributed by atoms with E-state index >= 15 is 0 Å². The molecule has 0 radical (unpaired) electrons. The lowest BCUT2D eigenvalue weighted by molar-refractivity contribution is -0.115. The van der Waals surface area contributed by atoms with E-state index < -0.39 is 6.17 Å². The van der Waals surface area contributed by atoms with E-state index in [-0.39, 0.29) is 18.0 Å². The van der Waals surface area contributed by atoms with Crippen LogP contribution in [0.1, 0.15) is 18.4 Å². The second-order valence-electron chi connectivity index (χ2n) is 5.56. The number of halogens is 1. The van der Waals surface area contributed by atoms with Crippen molar-refractivity contribution in [2.24, 2.45) is 0 Å². The van der Waals surface area contributed by atoms with Crippen molar-refractivity contribution in [2.75, 3.05) is 13.2 Å². The van der Waals surface area contributed by atoms with Gasteiger partial charge in [0.2, 0.25) is 5.78 Å². The smallest absolute Gasteiger partial charge is 0.227 e. The number of hydrogen-bond acceptors (Lipinski definition) is 3. The van der Waals surface area contributed by atoms with Gasteiger partial charge >= 0.3 is 0 Å². The van der Waals surface area contributed by atoms with Gasteiger partial charge in [0.25, 0.3) is 0 Å². The third kappa shape index (κ3) is 3.96. The molecule has 0 spiro atoms. The van der Waals surface area contributed by atoms with Gasteiger partial charge in [-0.15, -0.1) is 0 Å². The molecule has 1 heterocycles. The molecule has 120 valence electrons. The van der Waals surface area contributed by atoms with Crippen molar-refractivity contribution in [3.8, 4) is 0 Å². The maximum absolute atomic E-state index is 14.0. The van der Waals surface area contributed by atoms with Gasteiger partial charge < -0.3 is 9.47 Å². The standard InChI is InChI=1S/C19H19FO3/c20-16-6-7-18(23-13-14-4-2-1-3-5-14)19(21)17(12-16)15-8-10-22-11-9-15/h1-5,7-8,12,16H,6,9-11,13H2. The van der Waals surface area contributed by atoms with E-state index in [1.54, 1.807) is 6.08 Å². The number of ketones is 1.